The number of nitro groups is 1. The number of nitrogens with zero attached hydrogens (tertiary/aromatic N) is 4. The largest absolute Gasteiger partial charge is 0.397 e. The predicted molar refractivity (Wildman–Crippen MR) is 67.7 cm³/mol. The molecule has 2 rings (SSSR count). The lowest BCUT2D eigenvalue weighted by Crippen LogP contribution is -2.22. The van der Waals surface area contributed by atoms with Crippen molar-refractivity contribution < 1.29 is 9.66 Å². The maximum absolute atomic E-state index is 10.7. The van der Waals surface area contributed by atoms with Gasteiger partial charge < -0.3 is 10.5 Å². The molecule has 0 amide bonds. The highest BCUT2D eigenvalue weighted by Crippen LogP contribution is 2.53. The van der Waals surface area contributed by atoms with E-state index in [9.17, 15) is 15.4 Å². The van der Waals surface area contributed by atoms with Crippen LogP contribution in [0.1, 0.15) is 11.7 Å². The Balaban J connectivity index is 2.44. The lowest BCUT2D eigenvalue weighted by atomic mass is 9.95. The Morgan fingerprint density at radius 2 is 2.05 bits per heavy atom. The molecule has 2 atom stereocenters. The Bertz CT molecular complexity index is 764. The van der Waals surface area contributed by atoms with Gasteiger partial charge in [0.25, 0.3) is 5.69 Å². The first-order valence-electron chi connectivity index (χ1n) is 5.64. The lowest BCUT2D eigenvalue weighted by molar-refractivity contribution is -0.384. The molecule has 1 aliphatic heterocycles. The fraction of sp³-hybridized carbons (Fsp3) is 0.154. The van der Waals surface area contributed by atoms with Crippen molar-refractivity contribution in [3.8, 4) is 18.2 Å². The van der Waals surface area contributed by atoms with Gasteiger partial charge in [-0.25, -0.2) is 0 Å². The Hall–Kier alpha value is -3.41. The topological polar surface area (TPSA) is 153 Å². The Morgan fingerprint density at radius 1 is 1.38 bits per heavy atom. The number of epoxide rings is 1. The minimum absolute atomic E-state index is 0.154. The summed E-state index contributed by atoms with van der Waals surface area (Å²) in [5.41, 5.74) is 3.57. The maximum atomic E-state index is 10.7. The number of non-ortho nitro benzene ring substituents is 1. The zero-order valence-electron chi connectivity index (χ0n) is 10.5. The number of nitriles is 3. The smallest absolute Gasteiger partial charge is 0.269 e. The Kier molecular flexibility index (Phi) is 3.29. The number of nitrogens with two attached hydrogens (primary N) is 1. The van der Waals surface area contributed by atoms with E-state index in [1.54, 1.807) is 18.2 Å². The number of nitro benzene ring substituents is 1. The van der Waals surface area contributed by atoms with Gasteiger partial charge in [-0.2, -0.15) is 15.8 Å². The van der Waals surface area contributed by atoms with Crippen LogP contribution in [0.25, 0.3) is 0 Å². The number of hydrogen-bond donors (Lipinski definition) is 1. The number of benzene rings is 1. The summed E-state index contributed by atoms with van der Waals surface area (Å²) in [6.45, 7) is 0. The first kappa shape index (κ1) is 14.0. The van der Waals surface area contributed by atoms with Crippen LogP contribution in [-0.2, 0) is 4.74 Å². The monoisotopic (exact) mass is 281 g/mol. The summed E-state index contributed by atoms with van der Waals surface area (Å²) in [6.07, 6.45) is -0.848. The van der Waals surface area contributed by atoms with Gasteiger partial charge in [0.1, 0.15) is 24.3 Å². The SMILES string of the molecule is N#CC(C#N)=C(N)[C@@]1(C#N)O[C@H]1c1cccc([N+](=O)[O-])c1. The molecule has 1 aliphatic rings. The summed E-state index contributed by atoms with van der Waals surface area (Å²) in [5.74, 6) is 0. The number of hydrogen-bond acceptors (Lipinski definition) is 7. The molecule has 1 saturated heterocycles. The zero-order chi connectivity index (χ0) is 15.6. The summed E-state index contributed by atoms with van der Waals surface area (Å²) in [4.78, 5) is 10.2. The molecule has 1 fully saturated rings. The van der Waals surface area contributed by atoms with E-state index >= 15 is 0 Å². The van der Waals surface area contributed by atoms with E-state index in [1.807, 2.05) is 6.07 Å². The minimum Gasteiger partial charge on any atom is -0.397 e. The summed E-state index contributed by atoms with van der Waals surface area (Å²) in [6, 6.07) is 10.6. The van der Waals surface area contributed by atoms with Crippen LogP contribution in [0.15, 0.2) is 35.5 Å². The van der Waals surface area contributed by atoms with E-state index in [0.29, 0.717) is 5.56 Å². The van der Waals surface area contributed by atoms with E-state index in [2.05, 4.69) is 0 Å². The van der Waals surface area contributed by atoms with Gasteiger partial charge in [-0.3, -0.25) is 10.1 Å². The number of allylic oxidation sites excluding steroid dienone is 1. The van der Waals surface area contributed by atoms with Crippen LogP contribution >= 0.6 is 0 Å². The van der Waals surface area contributed by atoms with Gasteiger partial charge in [-0.15, -0.1) is 0 Å². The molecule has 0 aromatic heterocycles. The van der Waals surface area contributed by atoms with Crippen molar-refractivity contribution in [2.45, 2.75) is 11.7 Å². The van der Waals surface area contributed by atoms with Crippen LogP contribution in [0.5, 0.6) is 0 Å². The second-order valence-electron chi connectivity index (χ2n) is 4.21. The summed E-state index contributed by atoms with van der Waals surface area (Å²) in [5, 5.41) is 37.6. The third kappa shape index (κ3) is 2.14. The van der Waals surface area contributed by atoms with E-state index in [1.165, 1.54) is 18.2 Å². The molecular formula is C13H7N5O3. The van der Waals surface area contributed by atoms with Gasteiger partial charge in [0, 0.05) is 12.1 Å². The predicted octanol–water partition coefficient (Wildman–Crippen LogP) is 1.19. The molecular weight excluding hydrogens is 274 g/mol. The average molecular weight is 281 g/mol. The highest BCUT2D eigenvalue weighted by molar-refractivity contribution is 5.52. The van der Waals surface area contributed by atoms with Crippen molar-refractivity contribution in [3.05, 3.63) is 51.2 Å². The normalized spacial score (nSPS) is 22.2. The van der Waals surface area contributed by atoms with Crippen LogP contribution in [0.2, 0.25) is 0 Å². The van der Waals surface area contributed by atoms with Crippen molar-refractivity contribution in [1.29, 1.82) is 15.8 Å². The van der Waals surface area contributed by atoms with Crippen molar-refractivity contribution in [2.24, 2.45) is 5.73 Å². The average Bonchev–Trinajstić information content (AvgIpc) is 3.24. The quantitative estimate of drug-likeness (QED) is 0.377. The molecule has 0 spiro atoms. The molecule has 2 N–H and O–H groups in total. The molecule has 1 aromatic rings. The first-order valence-corrected chi connectivity index (χ1v) is 5.64. The van der Waals surface area contributed by atoms with Crippen LogP contribution in [-0.4, -0.2) is 10.5 Å². The minimum atomic E-state index is -1.63. The van der Waals surface area contributed by atoms with E-state index in [4.69, 9.17) is 21.0 Å². The summed E-state index contributed by atoms with van der Waals surface area (Å²) in [7, 11) is 0. The van der Waals surface area contributed by atoms with Gasteiger partial charge in [0.05, 0.1) is 10.6 Å². The molecule has 0 radical (unpaired) electrons. The highest BCUT2D eigenvalue weighted by Gasteiger charge is 2.62. The zero-order valence-corrected chi connectivity index (χ0v) is 10.5. The molecule has 1 heterocycles. The fourth-order valence-corrected chi connectivity index (χ4v) is 1.94. The van der Waals surface area contributed by atoms with E-state index < -0.39 is 22.2 Å². The number of ether oxygens (including phenoxy) is 1. The molecule has 0 aliphatic carbocycles. The van der Waals surface area contributed by atoms with Crippen molar-refractivity contribution in [1.82, 2.24) is 0 Å². The van der Waals surface area contributed by atoms with Crippen LogP contribution < -0.4 is 5.73 Å². The van der Waals surface area contributed by atoms with E-state index in [-0.39, 0.29) is 11.4 Å². The Morgan fingerprint density at radius 3 is 2.57 bits per heavy atom. The standard InChI is InChI=1S/C13H7N5O3/c14-5-9(6-15)11(17)13(7-16)12(21-13)8-2-1-3-10(4-8)18(19)20/h1-4,12H,17H2/t12-,13+/m0/s1. The van der Waals surface area contributed by atoms with Crippen LogP contribution in [0.3, 0.4) is 0 Å². The molecule has 8 nitrogen and oxygen atoms in total. The fourth-order valence-electron chi connectivity index (χ4n) is 1.94. The van der Waals surface area contributed by atoms with Gasteiger partial charge in [0.2, 0.25) is 5.60 Å². The van der Waals surface area contributed by atoms with Crippen molar-refractivity contribution in [3.63, 3.8) is 0 Å². The highest BCUT2D eigenvalue weighted by atomic mass is 16.6. The molecule has 0 unspecified atom stereocenters. The molecule has 0 bridgehead atoms. The van der Waals surface area contributed by atoms with Crippen molar-refractivity contribution in [2.75, 3.05) is 0 Å². The second-order valence-corrected chi connectivity index (χ2v) is 4.21. The molecule has 8 heteroatoms. The summed E-state index contributed by atoms with van der Waals surface area (Å²) < 4.78 is 5.25. The van der Waals surface area contributed by atoms with Crippen molar-refractivity contribution >= 4 is 5.69 Å². The second kappa shape index (κ2) is 4.93. The first-order chi connectivity index (χ1) is 10.00. The number of rotatable bonds is 3. The van der Waals surface area contributed by atoms with Gasteiger partial charge in [-0.1, -0.05) is 12.1 Å². The van der Waals surface area contributed by atoms with Gasteiger partial charge >= 0.3 is 0 Å². The third-order valence-corrected chi connectivity index (χ3v) is 3.06. The van der Waals surface area contributed by atoms with Crippen LogP contribution in [0, 0.1) is 44.1 Å². The van der Waals surface area contributed by atoms with Crippen LogP contribution in [0.4, 0.5) is 5.69 Å². The molecule has 0 saturated carbocycles. The lowest BCUT2D eigenvalue weighted by Gasteiger charge is -2.04. The van der Waals surface area contributed by atoms with Gasteiger partial charge in [-0.05, 0) is 5.56 Å². The van der Waals surface area contributed by atoms with E-state index in [0.717, 1.165) is 0 Å². The molecule has 21 heavy (non-hydrogen) atoms. The molecule has 1 aromatic carbocycles. The summed E-state index contributed by atoms with van der Waals surface area (Å²) >= 11 is 0. The molecule has 102 valence electrons. The van der Waals surface area contributed by atoms with Gasteiger partial charge in [0.15, 0.2) is 5.57 Å². The third-order valence-electron chi connectivity index (χ3n) is 3.06. The Labute approximate surface area is 119 Å². The maximum Gasteiger partial charge on any atom is 0.269 e.